The molecule has 0 fully saturated rings. The van der Waals surface area contributed by atoms with Gasteiger partial charge in [0.1, 0.15) is 5.75 Å². The van der Waals surface area contributed by atoms with E-state index in [2.05, 4.69) is 76.3 Å². The fourth-order valence-corrected chi connectivity index (χ4v) is 4.29. The number of hydrogen-bond donors (Lipinski definition) is 2. The summed E-state index contributed by atoms with van der Waals surface area (Å²) < 4.78 is 8.29. The third-order valence-corrected chi connectivity index (χ3v) is 10.3. The first kappa shape index (κ1) is 23.1. The van der Waals surface area contributed by atoms with Crippen molar-refractivity contribution in [1.29, 1.82) is 0 Å². The van der Waals surface area contributed by atoms with Crippen molar-refractivity contribution < 1.29 is 4.43 Å². The Morgan fingerprint density at radius 3 is 2.29 bits per heavy atom. The molecule has 8 heteroatoms. The maximum absolute atomic E-state index is 6.44. The van der Waals surface area contributed by atoms with Gasteiger partial charge < -0.3 is 10.2 Å². The van der Waals surface area contributed by atoms with E-state index in [-0.39, 0.29) is 10.2 Å². The molecule has 0 unspecified atom stereocenters. The van der Waals surface area contributed by atoms with E-state index in [1.807, 2.05) is 42.5 Å². The van der Waals surface area contributed by atoms with Gasteiger partial charge in [0.05, 0.1) is 10.2 Å². The van der Waals surface area contributed by atoms with Gasteiger partial charge in [0.15, 0.2) is 5.11 Å². The molecule has 2 aromatic carbocycles. The Bertz CT molecular complexity index is 911. The van der Waals surface area contributed by atoms with E-state index in [1.165, 1.54) is 0 Å². The lowest BCUT2D eigenvalue weighted by Gasteiger charge is -2.36. The third-order valence-electron chi connectivity index (χ3n) is 4.75. The van der Waals surface area contributed by atoms with Gasteiger partial charge in [-0.1, -0.05) is 48.8 Å². The molecule has 150 valence electrons. The number of benzene rings is 2. The van der Waals surface area contributed by atoms with Crippen LogP contribution in [0.3, 0.4) is 0 Å². The first-order valence-electron chi connectivity index (χ1n) is 8.79. The number of rotatable bonds is 5. The first-order valence-corrected chi connectivity index (χ1v) is 13.7. The minimum atomic E-state index is -1.94. The van der Waals surface area contributed by atoms with E-state index in [0.717, 1.165) is 31.5 Å². The quantitative estimate of drug-likeness (QED) is 0.205. The van der Waals surface area contributed by atoms with Crippen LogP contribution >= 0.6 is 44.1 Å². The number of nitrogens with two attached hydrogens (primary N) is 1. The van der Waals surface area contributed by atoms with Crippen LogP contribution in [0.15, 0.2) is 56.5 Å². The van der Waals surface area contributed by atoms with Crippen molar-refractivity contribution >= 4 is 63.2 Å². The fourth-order valence-electron chi connectivity index (χ4n) is 2.20. The Kier molecular flexibility index (Phi) is 7.47. The Morgan fingerprint density at radius 1 is 1.11 bits per heavy atom. The molecule has 0 aromatic heterocycles. The van der Waals surface area contributed by atoms with Crippen molar-refractivity contribution in [2.75, 3.05) is 0 Å². The first-order chi connectivity index (χ1) is 12.9. The number of hydrazone groups is 1. The summed E-state index contributed by atoms with van der Waals surface area (Å²) in [6.07, 6.45) is 0. The minimum absolute atomic E-state index is 0.115. The molecule has 0 aliphatic rings. The van der Waals surface area contributed by atoms with Gasteiger partial charge in [0, 0.05) is 15.6 Å². The molecule has 0 atom stereocenters. The monoisotopic (exact) mass is 541 g/mol. The van der Waals surface area contributed by atoms with Gasteiger partial charge >= 0.3 is 0 Å². The minimum Gasteiger partial charge on any atom is -0.543 e. The molecule has 0 spiro atoms. The molecule has 4 nitrogen and oxygen atoms in total. The van der Waals surface area contributed by atoms with Crippen molar-refractivity contribution in [3.8, 4) is 5.75 Å². The molecule has 0 heterocycles. The SMILES string of the molecule is CC(C)(C)[Si](C)(C)Oc1ccc(/C(=N\NC(N)=S)c2cccc(Br)c2)cc1Br. The Balaban J connectivity index is 2.44. The highest BCUT2D eigenvalue weighted by molar-refractivity contribution is 9.10. The highest BCUT2D eigenvalue weighted by Crippen LogP contribution is 2.39. The van der Waals surface area contributed by atoms with E-state index in [0.29, 0.717) is 0 Å². The zero-order valence-electron chi connectivity index (χ0n) is 16.6. The summed E-state index contributed by atoms with van der Waals surface area (Å²) in [6, 6.07) is 13.9. The molecule has 3 N–H and O–H groups in total. The maximum Gasteiger partial charge on any atom is 0.250 e. The number of halogens is 2. The fraction of sp³-hybridized carbons (Fsp3) is 0.300. The summed E-state index contributed by atoms with van der Waals surface area (Å²) in [7, 11) is -1.94. The predicted octanol–water partition coefficient (Wildman–Crippen LogP) is 6.18. The maximum atomic E-state index is 6.44. The second-order valence-corrected chi connectivity index (χ2v) is 14.9. The number of nitrogens with one attached hydrogen (secondary N) is 1. The highest BCUT2D eigenvalue weighted by atomic mass is 79.9. The van der Waals surface area contributed by atoms with Gasteiger partial charge in [-0.15, -0.1) is 0 Å². The average Bonchev–Trinajstić information content (AvgIpc) is 2.56. The predicted molar refractivity (Wildman–Crippen MR) is 132 cm³/mol. The molecule has 0 saturated heterocycles. The van der Waals surface area contributed by atoms with Gasteiger partial charge in [-0.05, 0) is 76.6 Å². The summed E-state index contributed by atoms with van der Waals surface area (Å²) in [5.41, 5.74) is 10.8. The molecule has 0 aliphatic heterocycles. The smallest absolute Gasteiger partial charge is 0.250 e. The van der Waals surface area contributed by atoms with Gasteiger partial charge in [0.25, 0.3) is 8.32 Å². The Labute approximate surface area is 190 Å². The lowest BCUT2D eigenvalue weighted by atomic mass is 10.0. The lowest BCUT2D eigenvalue weighted by Crippen LogP contribution is -2.43. The number of hydrogen-bond acceptors (Lipinski definition) is 3. The molecule has 0 amide bonds. The van der Waals surface area contributed by atoms with Crippen LogP contribution in [0, 0.1) is 0 Å². The van der Waals surface area contributed by atoms with E-state index in [9.17, 15) is 0 Å². The summed E-state index contributed by atoms with van der Waals surface area (Å²) in [4.78, 5) is 0. The summed E-state index contributed by atoms with van der Waals surface area (Å²) >= 11 is 12.1. The van der Waals surface area contributed by atoms with Crippen molar-refractivity contribution in [2.45, 2.75) is 38.9 Å². The van der Waals surface area contributed by atoms with E-state index >= 15 is 0 Å². The zero-order chi connectivity index (χ0) is 21.1. The molecule has 0 radical (unpaired) electrons. The van der Waals surface area contributed by atoms with Crippen LogP contribution in [0.2, 0.25) is 18.1 Å². The Morgan fingerprint density at radius 2 is 1.75 bits per heavy atom. The van der Waals surface area contributed by atoms with Crippen molar-refractivity contribution in [1.82, 2.24) is 5.43 Å². The largest absolute Gasteiger partial charge is 0.543 e. The molecule has 0 bridgehead atoms. The third kappa shape index (κ3) is 5.89. The normalized spacial score (nSPS) is 12.6. The summed E-state index contributed by atoms with van der Waals surface area (Å²) in [5, 5.41) is 4.65. The lowest BCUT2D eigenvalue weighted by molar-refractivity contribution is 0.490. The van der Waals surface area contributed by atoms with Crippen LogP contribution in [-0.2, 0) is 0 Å². The van der Waals surface area contributed by atoms with Gasteiger partial charge in [-0.2, -0.15) is 5.10 Å². The highest BCUT2D eigenvalue weighted by Gasteiger charge is 2.39. The molecule has 28 heavy (non-hydrogen) atoms. The van der Waals surface area contributed by atoms with Crippen LogP contribution in [-0.4, -0.2) is 19.1 Å². The number of thiocarbonyl (C=S) groups is 1. The molecular weight excluding hydrogens is 518 g/mol. The molecule has 2 aromatic rings. The van der Waals surface area contributed by atoms with E-state index in [1.54, 1.807) is 0 Å². The Hall–Kier alpha value is -1.22. The van der Waals surface area contributed by atoms with Crippen LogP contribution < -0.4 is 15.6 Å². The van der Waals surface area contributed by atoms with E-state index < -0.39 is 8.32 Å². The molecular formula is C20H25Br2N3OSSi. The van der Waals surface area contributed by atoms with Crippen LogP contribution in [0.5, 0.6) is 5.75 Å². The standard InChI is InChI=1S/C20H25Br2N3OSSi/c1-20(2,3)28(4,5)26-17-10-9-14(12-16(17)22)18(24-25-19(23)27)13-7-6-8-15(21)11-13/h6-12H,1-5H3,(H3,23,25,27)/b24-18-. The van der Waals surface area contributed by atoms with Gasteiger partial charge in [-0.3, -0.25) is 5.43 Å². The number of nitrogens with zero attached hydrogens (tertiary/aromatic N) is 1. The zero-order valence-corrected chi connectivity index (χ0v) is 21.6. The summed E-state index contributed by atoms with van der Waals surface area (Å²) in [5.74, 6) is 0.839. The van der Waals surface area contributed by atoms with Gasteiger partial charge in [0.2, 0.25) is 0 Å². The van der Waals surface area contributed by atoms with Crippen LogP contribution in [0.4, 0.5) is 0 Å². The van der Waals surface area contributed by atoms with Crippen LogP contribution in [0.25, 0.3) is 0 Å². The topological polar surface area (TPSA) is 59.6 Å². The second kappa shape index (κ2) is 9.07. The van der Waals surface area contributed by atoms with Crippen LogP contribution in [0.1, 0.15) is 31.9 Å². The average molecular weight is 543 g/mol. The molecule has 2 rings (SSSR count). The van der Waals surface area contributed by atoms with Crippen molar-refractivity contribution in [3.63, 3.8) is 0 Å². The molecule has 0 aliphatic carbocycles. The second-order valence-electron chi connectivity index (χ2n) is 7.95. The van der Waals surface area contributed by atoms with Gasteiger partial charge in [-0.25, -0.2) is 0 Å². The van der Waals surface area contributed by atoms with Crippen molar-refractivity contribution in [3.05, 3.63) is 62.5 Å². The molecule has 0 saturated carbocycles. The van der Waals surface area contributed by atoms with Crippen molar-refractivity contribution in [2.24, 2.45) is 10.8 Å². The van der Waals surface area contributed by atoms with E-state index in [4.69, 9.17) is 22.4 Å². The summed E-state index contributed by atoms with van der Waals surface area (Å²) in [6.45, 7) is 11.1.